The van der Waals surface area contributed by atoms with Crippen molar-refractivity contribution in [3.8, 4) is 0 Å². The third kappa shape index (κ3) is 2.31. The Labute approximate surface area is 118 Å². The first kappa shape index (κ1) is 13.1. The highest BCUT2D eigenvalue weighted by Gasteiger charge is 2.27. The van der Waals surface area contributed by atoms with Gasteiger partial charge in [-0.3, -0.25) is 19.9 Å². The monoisotopic (exact) mass is 284 g/mol. The van der Waals surface area contributed by atoms with Crippen molar-refractivity contribution in [1.82, 2.24) is 0 Å². The van der Waals surface area contributed by atoms with Crippen LogP contribution < -0.4 is 0 Å². The molecule has 0 radical (unpaired) electrons. The number of fused-ring (bicyclic) bond motifs is 1. The van der Waals surface area contributed by atoms with E-state index in [0.29, 0.717) is 16.7 Å². The normalized spacial score (nSPS) is 15.8. The largest absolute Gasteiger partial charge is 0.291 e. The lowest BCUT2D eigenvalue weighted by molar-refractivity contribution is -0.384. The number of hydrogen-bond donors (Lipinski definition) is 0. The molecule has 0 saturated heterocycles. The zero-order chi connectivity index (χ0) is 15.0. The zero-order valence-electron chi connectivity index (χ0n) is 10.7. The van der Waals surface area contributed by atoms with Crippen molar-refractivity contribution in [2.45, 2.75) is 6.04 Å². The Morgan fingerprint density at radius 2 is 1.90 bits per heavy atom. The van der Waals surface area contributed by atoms with Crippen LogP contribution in [0.15, 0.2) is 47.5 Å². The molecule has 0 N–H and O–H groups in total. The molecule has 1 aliphatic rings. The minimum Gasteiger partial charge on any atom is -0.291 e. The van der Waals surface area contributed by atoms with Gasteiger partial charge in [-0.2, -0.15) is 0 Å². The number of aliphatic imine (C=N–C) groups is 1. The molecule has 0 fully saturated rings. The predicted molar refractivity (Wildman–Crippen MR) is 74.2 cm³/mol. The van der Waals surface area contributed by atoms with E-state index in [0.717, 1.165) is 0 Å². The van der Waals surface area contributed by atoms with Crippen LogP contribution in [0.5, 0.6) is 0 Å². The van der Waals surface area contributed by atoms with Crippen LogP contribution in [0.4, 0.5) is 10.1 Å². The van der Waals surface area contributed by atoms with Crippen LogP contribution in [0.2, 0.25) is 0 Å². The van der Waals surface area contributed by atoms with E-state index in [1.807, 2.05) is 0 Å². The van der Waals surface area contributed by atoms with E-state index < -0.39 is 11.0 Å². The maximum atomic E-state index is 13.1. The van der Waals surface area contributed by atoms with E-state index in [4.69, 9.17) is 0 Å². The molecule has 1 atom stereocenters. The number of hydrogen-bond acceptors (Lipinski definition) is 4. The van der Waals surface area contributed by atoms with E-state index in [-0.39, 0.29) is 17.3 Å². The lowest BCUT2D eigenvalue weighted by atomic mass is 9.96. The van der Waals surface area contributed by atoms with Gasteiger partial charge in [-0.15, -0.1) is 0 Å². The van der Waals surface area contributed by atoms with Crippen molar-refractivity contribution in [2.24, 2.45) is 4.99 Å². The van der Waals surface area contributed by atoms with Gasteiger partial charge in [-0.25, -0.2) is 4.39 Å². The number of rotatable bonds is 3. The van der Waals surface area contributed by atoms with Gasteiger partial charge in [0.1, 0.15) is 11.9 Å². The molecule has 1 aliphatic heterocycles. The molecule has 0 bridgehead atoms. The average molecular weight is 284 g/mol. The number of Topliss-reactive ketones (excluding diaryl/α,β-unsaturated/α-hetero) is 1. The van der Waals surface area contributed by atoms with Crippen molar-refractivity contribution in [3.63, 3.8) is 0 Å². The van der Waals surface area contributed by atoms with Crippen LogP contribution in [-0.4, -0.2) is 16.9 Å². The minimum atomic E-state index is -0.720. The number of nitro benzene ring substituents is 1. The van der Waals surface area contributed by atoms with Crippen molar-refractivity contribution >= 4 is 17.7 Å². The smallest absolute Gasteiger partial charge is 0.269 e. The molecule has 1 unspecified atom stereocenters. The summed E-state index contributed by atoms with van der Waals surface area (Å²) in [5.41, 5.74) is 1.47. The molecule has 0 aromatic heterocycles. The number of ketones is 1. The maximum Gasteiger partial charge on any atom is 0.269 e. The van der Waals surface area contributed by atoms with E-state index >= 15 is 0 Å². The Bertz CT molecular complexity index is 769. The fourth-order valence-corrected chi connectivity index (χ4v) is 2.26. The van der Waals surface area contributed by atoms with Crippen molar-refractivity contribution < 1.29 is 14.1 Å². The Balaban J connectivity index is 1.91. The molecular formula is C15H9FN2O3. The van der Waals surface area contributed by atoms with Gasteiger partial charge in [0.15, 0.2) is 5.78 Å². The Hall–Kier alpha value is -2.89. The van der Waals surface area contributed by atoms with Crippen molar-refractivity contribution in [1.29, 1.82) is 0 Å². The SMILES string of the molecule is O=C(c1ccc([N+](=O)[O-])cc1)C1N=Cc2cc(F)ccc21. The fraction of sp³-hybridized carbons (Fsp3) is 0.0667. The highest BCUT2D eigenvalue weighted by atomic mass is 19.1. The number of carbonyl (C=O) groups is 1. The van der Waals surface area contributed by atoms with Crippen LogP contribution in [0.3, 0.4) is 0 Å². The summed E-state index contributed by atoms with van der Waals surface area (Å²) in [6.07, 6.45) is 1.46. The number of non-ortho nitro benzene ring substituents is 1. The molecule has 21 heavy (non-hydrogen) atoms. The van der Waals surface area contributed by atoms with Gasteiger partial charge in [0.25, 0.3) is 5.69 Å². The summed E-state index contributed by atoms with van der Waals surface area (Å²) in [6, 6.07) is 8.77. The molecular weight excluding hydrogens is 275 g/mol. The van der Waals surface area contributed by atoms with Crippen LogP contribution in [0.25, 0.3) is 0 Å². The second kappa shape index (κ2) is 4.90. The van der Waals surface area contributed by atoms with Gasteiger partial charge in [0.2, 0.25) is 0 Å². The molecule has 3 rings (SSSR count). The lowest BCUT2D eigenvalue weighted by Crippen LogP contribution is -2.09. The molecule has 6 heteroatoms. The van der Waals surface area contributed by atoms with E-state index in [2.05, 4.69) is 4.99 Å². The molecule has 1 heterocycles. The minimum absolute atomic E-state index is 0.0797. The van der Waals surface area contributed by atoms with Crippen LogP contribution in [0.1, 0.15) is 27.5 Å². The molecule has 5 nitrogen and oxygen atoms in total. The summed E-state index contributed by atoms with van der Waals surface area (Å²) in [4.78, 5) is 26.6. The van der Waals surface area contributed by atoms with Gasteiger partial charge < -0.3 is 0 Å². The lowest BCUT2D eigenvalue weighted by Gasteiger charge is -2.08. The molecule has 0 saturated carbocycles. The molecule has 0 aliphatic carbocycles. The van der Waals surface area contributed by atoms with E-state index in [1.165, 1.54) is 48.7 Å². The van der Waals surface area contributed by atoms with Crippen LogP contribution in [-0.2, 0) is 0 Å². The first-order valence-corrected chi connectivity index (χ1v) is 6.17. The van der Waals surface area contributed by atoms with Gasteiger partial charge in [0.05, 0.1) is 4.92 Å². The summed E-state index contributed by atoms with van der Waals surface area (Å²) in [5.74, 6) is -0.657. The average Bonchev–Trinajstić information content (AvgIpc) is 2.89. The second-order valence-electron chi connectivity index (χ2n) is 4.62. The van der Waals surface area contributed by atoms with Crippen molar-refractivity contribution in [3.05, 3.63) is 75.1 Å². The Kier molecular flexibility index (Phi) is 3.06. The highest BCUT2D eigenvalue weighted by molar-refractivity contribution is 6.05. The highest BCUT2D eigenvalue weighted by Crippen LogP contribution is 2.30. The molecule has 104 valence electrons. The first-order valence-electron chi connectivity index (χ1n) is 6.17. The van der Waals surface area contributed by atoms with Crippen LogP contribution >= 0.6 is 0 Å². The first-order chi connectivity index (χ1) is 10.1. The Morgan fingerprint density at radius 1 is 1.19 bits per heavy atom. The molecule has 2 aromatic carbocycles. The van der Waals surface area contributed by atoms with Crippen molar-refractivity contribution in [2.75, 3.05) is 0 Å². The zero-order valence-corrected chi connectivity index (χ0v) is 10.7. The topological polar surface area (TPSA) is 72.6 Å². The molecule has 0 spiro atoms. The fourth-order valence-electron chi connectivity index (χ4n) is 2.26. The summed E-state index contributed by atoms with van der Waals surface area (Å²) >= 11 is 0. The van der Waals surface area contributed by atoms with Gasteiger partial charge in [-0.05, 0) is 29.8 Å². The summed E-state index contributed by atoms with van der Waals surface area (Å²) in [7, 11) is 0. The molecule has 2 aromatic rings. The quantitative estimate of drug-likeness (QED) is 0.494. The molecule has 0 amide bonds. The Morgan fingerprint density at radius 3 is 2.57 bits per heavy atom. The maximum absolute atomic E-state index is 13.1. The van der Waals surface area contributed by atoms with Gasteiger partial charge in [-0.1, -0.05) is 6.07 Å². The summed E-state index contributed by atoms with van der Waals surface area (Å²) in [5, 5.41) is 10.6. The number of halogens is 1. The van der Waals surface area contributed by atoms with Crippen LogP contribution in [0, 0.1) is 15.9 Å². The predicted octanol–water partition coefficient (Wildman–Crippen LogP) is 3.09. The number of benzene rings is 2. The third-order valence-corrected chi connectivity index (χ3v) is 3.32. The number of nitro groups is 1. The summed E-state index contributed by atoms with van der Waals surface area (Å²) < 4.78 is 13.1. The van der Waals surface area contributed by atoms with E-state index in [9.17, 15) is 19.3 Å². The van der Waals surface area contributed by atoms with E-state index in [1.54, 1.807) is 0 Å². The van der Waals surface area contributed by atoms with Gasteiger partial charge >= 0.3 is 0 Å². The second-order valence-corrected chi connectivity index (χ2v) is 4.62. The third-order valence-electron chi connectivity index (χ3n) is 3.32. The number of nitrogens with zero attached hydrogens (tertiary/aromatic N) is 2. The standard InChI is InChI=1S/C15H9FN2O3/c16-11-3-6-13-10(7-11)8-17-14(13)15(19)9-1-4-12(5-2-9)18(20)21/h1-8,14H. The number of carbonyl (C=O) groups excluding carboxylic acids is 1. The van der Waals surface area contributed by atoms with Gasteiger partial charge in [0, 0.05) is 29.5 Å². The summed E-state index contributed by atoms with van der Waals surface area (Å²) in [6.45, 7) is 0.